The molecule has 0 radical (unpaired) electrons. The fourth-order valence-corrected chi connectivity index (χ4v) is 3.48. The van der Waals surface area contributed by atoms with Gasteiger partial charge in [-0.3, -0.25) is 14.4 Å². The molecule has 1 fully saturated rings. The van der Waals surface area contributed by atoms with Gasteiger partial charge in [0.05, 0.1) is 23.3 Å². The first-order valence-corrected chi connectivity index (χ1v) is 8.36. The Morgan fingerprint density at radius 1 is 1.39 bits per heavy atom. The maximum atomic E-state index is 12.5. The summed E-state index contributed by atoms with van der Waals surface area (Å²) in [4.78, 5) is 40.3. The van der Waals surface area contributed by atoms with E-state index in [1.165, 1.54) is 4.90 Å². The molecule has 1 aromatic carbocycles. The Labute approximate surface area is 137 Å². The van der Waals surface area contributed by atoms with Gasteiger partial charge in [-0.05, 0) is 30.5 Å². The van der Waals surface area contributed by atoms with Crippen molar-refractivity contribution in [1.82, 2.24) is 4.98 Å². The number of amides is 2. The smallest absolute Gasteiger partial charge is 0.315 e. The standard InChI is InChI=1S/C16H16N2O4S/c1-2-22-15(20)9-23-13-8-14(19)18(16(13)21)11-4-3-10-5-6-17-12(10)7-11/h3-7,13,17H,2,8-9H2,1H3. The van der Waals surface area contributed by atoms with Crippen molar-refractivity contribution in [2.24, 2.45) is 0 Å². The molecule has 0 saturated carbocycles. The molecular weight excluding hydrogens is 316 g/mol. The molecular formula is C16H16N2O4S. The number of nitrogens with one attached hydrogen (secondary N) is 1. The highest BCUT2D eigenvalue weighted by Gasteiger charge is 2.40. The second kappa shape index (κ2) is 6.45. The van der Waals surface area contributed by atoms with E-state index in [-0.39, 0.29) is 30.0 Å². The monoisotopic (exact) mass is 332 g/mol. The van der Waals surface area contributed by atoms with Crippen LogP contribution in [0.1, 0.15) is 13.3 Å². The second-order valence-corrected chi connectivity index (χ2v) is 6.32. The lowest BCUT2D eigenvalue weighted by atomic mass is 10.2. The fraction of sp³-hybridized carbons (Fsp3) is 0.312. The van der Waals surface area contributed by atoms with Gasteiger partial charge in [-0.15, -0.1) is 11.8 Å². The first-order valence-electron chi connectivity index (χ1n) is 7.31. The molecule has 0 aliphatic carbocycles. The van der Waals surface area contributed by atoms with Crippen LogP contribution in [0.15, 0.2) is 30.5 Å². The van der Waals surface area contributed by atoms with E-state index < -0.39 is 5.25 Å². The number of hydrogen-bond acceptors (Lipinski definition) is 5. The zero-order valence-electron chi connectivity index (χ0n) is 12.6. The number of anilines is 1. The predicted molar refractivity (Wildman–Crippen MR) is 88.3 cm³/mol. The van der Waals surface area contributed by atoms with Crippen LogP contribution in [0, 0.1) is 0 Å². The molecule has 0 spiro atoms. The van der Waals surface area contributed by atoms with Crippen molar-refractivity contribution in [3.63, 3.8) is 0 Å². The Balaban J connectivity index is 1.74. The van der Waals surface area contributed by atoms with Gasteiger partial charge in [0.1, 0.15) is 0 Å². The SMILES string of the molecule is CCOC(=O)CSC1CC(=O)N(c2ccc3cc[nH]c3c2)C1=O. The van der Waals surface area contributed by atoms with E-state index in [4.69, 9.17) is 4.74 Å². The van der Waals surface area contributed by atoms with Crippen LogP contribution in [0.25, 0.3) is 10.9 Å². The molecule has 1 aliphatic rings. The summed E-state index contributed by atoms with van der Waals surface area (Å²) in [5, 5.41) is 0.479. The number of nitrogens with zero attached hydrogens (tertiary/aromatic N) is 1. The van der Waals surface area contributed by atoms with E-state index >= 15 is 0 Å². The summed E-state index contributed by atoms with van der Waals surface area (Å²) in [5.74, 6) is -0.831. The first kappa shape index (κ1) is 15.6. The predicted octanol–water partition coefficient (Wildman–Crippen LogP) is 2.10. The van der Waals surface area contributed by atoms with Gasteiger partial charge in [0.15, 0.2) is 0 Å². The second-order valence-electron chi connectivity index (χ2n) is 5.13. The summed E-state index contributed by atoms with van der Waals surface area (Å²) in [6.07, 6.45) is 1.91. The van der Waals surface area contributed by atoms with Crippen molar-refractivity contribution >= 4 is 46.1 Å². The number of ether oxygens (including phenoxy) is 1. The van der Waals surface area contributed by atoms with Gasteiger partial charge in [0.2, 0.25) is 11.8 Å². The number of hydrogen-bond donors (Lipinski definition) is 1. The van der Waals surface area contributed by atoms with Crippen molar-refractivity contribution in [1.29, 1.82) is 0 Å². The number of H-pyrrole nitrogens is 1. The van der Waals surface area contributed by atoms with Crippen molar-refractivity contribution in [2.45, 2.75) is 18.6 Å². The minimum Gasteiger partial charge on any atom is -0.465 e. The van der Waals surface area contributed by atoms with Crippen LogP contribution in [0.5, 0.6) is 0 Å². The molecule has 1 saturated heterocycles. The lowest BCUT2D eigenvalue weighted by Crippen LogP contribution is -2.31. The average Bonchev–Trinajstić information content (AvgIpc) is 3.09. The molecule has 7 heteroatoms. The van der Waals surface area contributed by atoms with Gasteiger partial charge in [-0.2, -0.15) is 0 Å². The van der Waals surface area contributed by atoms with Gasteiger partial charge >= 0.3 is 5.97 Å². The number of aromatic nitrogens is 1. The maximum Gasteiger partial charge on any atom is 0.315 e. The summed E-state index contributed by atoms with van der Waals surface area (Å²) < 4.78 is 4.84. The molecule has 2 aromatic rings. The zero-order chi connectivity index (χ0) is 16.4. The third kappa shape index (κ3) is 3.10. The number of carbonyl (C=O) groups is 3. The Morgan fingerprint density at radius 2 is 2.22 bits per heavy atom. The largest absolute Gasteiger partial charge is 0.465 e. The third-order valence-electron chi connectivity index (χ3n) is 3.61. The topological polar surface area (TPSA) is 79.5 Å². The van der Waals surface area contributed by atoms with Crippen LogP contribution in [-0.4, -0.2) is 40.4 Å². The highest BCUT2D eigenvalue weighted by molar-refractivity contribution is 8.01. The zero-order valence-corrected chi connectivity index (χ0v) is 13.4. The highest BCUT2D eigenvalue weighted by Crippen LogP contribution is 2.31. The van der Waals surface area contributed by atoms with Gasteiger partial charge in [0, 0.05) is 18.1 Å². The lowest BCUT2D eigenvalue weighted by Gasteiger charge is -2.15. The number of thioether (sulfide) groups is 1. The summed E-state index contributed by atoms with van der Waals surface area (Å²) in [6, 6.07) is 7.32. The van der Waals surface area contributed by atoms with E-state index in [1.54, 1.807) is 25.3 Å². The molecule has 1 aromatic heterocycles. The molecule has 1 aliphatic heterocycles. The van der Waals surface area contributed by atoms with Crippen LogP contribution in [0.4, 0.5) is 5.69 Å². The average molecular weight is 332 g/mol. The minimum atomic E-state index is -0.536. The normalized spacial score (nSPS) is 18.0. The van der Waals surface area contributed by atoms with Crippen LogP contribution in [-0.2, 0) is 19.1 Å². The molecule has 1 unspecified atom stereocenters. The van der Waals surface area contributed by atoms with E-state index in [0.717, 1.165) is 22.7 Å². The van der Waals surface area contributed by atoms with Gasteiger partial charge in [-0.1, -0.05) is 6.07 Å². The van der Waals surface area contributed by atoms with Crippen molar-refractivity contribution in [3.05, 3.63) is 30.5 Å². The Kier molecular flexibility index (Phi) is 4.38. The Hall–Kier alpha value is -2.28. The van der Waals surface area contributed by atoms with E-state index in [1.807, 2.05) is 12.1 Å². The van der Waals surface area contributed by atoms with Crippen molar-refractivity contribution in [3.8, 4) is 0 Å². The number of benzene rings is 1. The van der Waals surface area contributed by atoms with E-state index in [9.17, 15) is 14.4 Å². The summed E-state index contributed by atoms with van der Waals surface area (Å²) in [5.41, 5.74) is 1.42. The molecule has 2 amide bonds. The third-order valence-corrected chi connectivity index (χ3v) is 4.78. The lowest BCUT2D eigenvalue weighted by molar-refractivity contribution is -0.139. The summed E-state index contributed by atoms with van der Waals surface area (Å²) in [7, 11) is 0. The van der Waals surface area contributed by atoms with Gasteiger partial charge < -0.3 is 9.72 Å². The molecule has 1 atom stereocenters. The summed E-state index contributed by atoms with van der Waals surface area (Å²) in [6.45, 7) is 2.03. The molecule has 1 N–H and O–H groups in total. The minimum absolute atomic E-state index is 0.0705. The molecule has 2 heterocycles. The van der Waals surface area contributed by atoms with Crippen LogP contribution in [0.2, 0.25) is 0 Å². The Bertz CT molecular complexity index is 770. The molecule has 23 heavy (non-hydrogen) atoms. The molecule has 120 valence electrons. The number of fused-ring (bicyclic) bond motifs is 1. The first-order chi connectivity index (χ1) is 11.1. The van der Waals surface area contributed by atoms with Crippen molar-refractivity contribution in [2.75, 3.05) is 17.3 Å². The number of aromatic amines is 1. The summed E-state index contributed by atoms with van der Waals surface area (Å²) >= 11 is 1.15. The van der Waals surface area contributed by atoms with Crippen LogP contribution in [0.3, 0.4) is 0 Å². The van der Waals surface area contributed by atoms with E-state index in [2.05, 4.69) is 4.98 Å². The molecule has 6 nitrogen and oxygen atoms in total. The number of imide groups is 1. The number of carbonyl (C=O) groups excluding carboxylic acids is 3. The van der Waals surface area contributed by atoms with Crippen molar-refractivity contribution < 1.29 is 19.1 Å². The Morgan fingerprint density at radius 3 is 3.00 bits per heavy atom. The van der Waals surface area contributed by atoms with Crippen LogP contribution >= 0.6 is 11.8 Å². The maximum absolute atomic E-state index is 12.5. The molecule has 3 rings (SSSR count). The van der Waals surface area contributed by atoms with E-state index in [0.29, 0.717) is 12.3 Å². The highest BCUT2D eigenvalue weighted by atomic mass is 32.2. The quantitative estimate of drug-likeness (QED) is 0.670. The van der Waals surface area contributed by atoms with Gasteiger partial charge in [-0.25, -0.2) is 4.90 Å². The van der Waals surface area contributed by atoms with Crippen LogP contribution < -0.4 is 4.90 Å². The fourth-order valence-electron chi connectivity index (χ4n) is 2.55. The number of esters is 1. The molecule has 0 bridgehead atoms. The number of rotatable bonds is 5. The van der Waals surface area contributed by atoms with Gasteiger partial charge in [0.25, 0.3) is 0 Å².